The molecular weight excluding hydrogens is 400 g/mol. The zero-order chi connectivity index (χ0) is 23.0. The van der Waals surface area contributed by atoms with Crippen molar-refractivity contribution >= 4 is 18.0 Å². The average molecular weight is 435 g/mol. The number of hydrogen-bond donors (Lipinski definition) is 2. The van der Waals surface area contributed by atoms with Crippen molar-refractivity contribution in [1.29, 1.82) is 0 Å². The molecule has 0 aromatic heterocycles. The van der Waals surface area contributed by atoms with Gasteiger partial charge in [-0.2, -0.15) is 0 Å². The van der Waals surface area contributed by atoms with Gasteiger partial charge in [0.15, 0.2) is 0 Å². The Bertz CT molecular complexity index is 748. The van der Waals surface area contributed by atoms with E-state index in [1.165, 1.54) is 5.56 Å². The molecule has 1 saturated heterocycles. The van der Waals surface area contributed by atoms with Crippen molar-refractivity contribution in [2.75, 3.05) is 26.2 Å². The Balaban J connectivity index is 1.96. The van der Waals surface area contributed by atoms with E-state index < -0.39 is 17.5 Å². The number of nitrogens with zero attached hydrogens (tertiary/aromatic N) is 2. The monoisotopic (exact) mass is 434 g/mol. The standard InChI is InChI=1S/C23H34N2O6/c1-23(2,3)31-22(30)25-13-7-18(8-14-25)19-6-4-5-17(15-19)16-24(11-9-20(26)27)12-10-21(28)29/h4-6,15,18H,7-14,16H2,1-3H3,(H,26,27)(H,28,29). The molecule has 1 aromatic rings. The zero-order valence-corrected chi connectivity index (χ0v) is 18.7. The fourth-order valence-corrected chi connectivity index (χ4v) is 3.70. The van der Waals surface area contributed by atoms with Crippen molar-refractivity contribution in [1.82, 2.24) is 9.80 Å². The van der Waals surface area contributed by atoms with Gasteiger partial charge in [-0.1, -0.05) is 24.3 Å². The van der Waals surface area contributed by atoms with E-state index in [-0.39, 0.29) is 18.9 Å². The summed E-state index contributed by atoms with van der Waals surface area (Å²) in [4.78, 5) is 37.7. The van der Waals surface area contributed by atoms with E-state index >= 15 is 0 Å². The Hall–Kier alpha value is -2.61. The summed E-state index contributed by atoms with van der Waals surface area (Å²) in [6, 6.07) is 8.16. The minimum atomic E-state index is -0.897. The van der Waals surface area contributed by atoms with Crippen molar-refractivity contribution in [2.24, 2.45) is 0 Å². The number of hydrogen-bond acceptors (Lipinski definition) is 5. The van der Waals surface area contributed by atoms with Crippen LogP contribution in [0.5, 0.6) is 0 Å². The maximum absolute atomic E-state index is 12.3. The first-order valence-electron chi connectivity index (χ1n) is 10.8. The van der Waals surface area contributed by atoms with Crippen LogP contribution in [0.4, 0.5) is 4.79 Å². The summed E-state index contributed by atoms with van der Waals surface area (Å²) in [5.41, 5.74) is 1.72. The van der Waals surface area contributed by atoms with Crippen LogP contribution >= 0.6 is 0 Å². The van der Waals surface area contributed by atoms with Crippen LogP contribution in [-0.4, -0.2) is 69.8 Å². The van der Waals surface area contributed by atoms with Gasteiger partial charge in [0.1, 0.15) is 5.60 Å². The van der Waals surface area contributed by atoms with Crippen LogP contribution in [0.15, 0.2) is 24.3 Å². The van der Waals surface area contributed by atoms with Gasteiger partial charge in [0.05, 0.1) is 12.8 Å². The molecule has 2 rings (SSSR count). The van der Waals surface area contributed by atoms with Gasteiger partial charge in [-0.25, -0.2) is 4.79 Å². The van der Waals surface area contributed by atoms with Gasteiger partial charge in [0.2, 0.25) is 0 Å². The van der Waals surface area contributed by atoms with Crippen molar-refractivity contribution < 1.29 is 29.3 Å². The molecule has 1 heterocycles. The fraction of sp³-hybridized carbons (Fsp3) is 0.609. The summed E-state index contributed by atoms with van der Waals surface area (Å²) < 4.78 is 5.46. The Morgan fingerprint density at radius 3 is 2.16 bits per heavy atom. The van der Waals surface area contributed by atoms with E-state index in [0.29, 0.717) is 38.6 Å². The number of carbonyl (C=O) groups is 3. The summed E-state index contributed by atoms with van der Waals surface area (Å²) in [6.45, 7) is 7.99. The van der Waals surface area contributed by atoms with Gasteiger partial charge in [-0.05, 0) is 50.7 Å². The van der Waals surface area contributed by atoms with Gasteiger partial charge in [0, 0.05) is 32.7 Å². The second kappa shape index (κ2) is 11.1. The largest absolute Gasteiger partial charge is 0.481 e. The number of carboxylic acid groups (broad SMARTS) is 2. The first-order chi connectivity index (χ1) is 14.5. The molecule has 0 atom stereocenters. The molecule has 1 aliphatic heterocycles. The third-order valence-electron chi connectivity index (χ3n) is 5.26. The van der Waals surface area contributed by atoms with Crippen LogP contribution in [0, 0.1) is 0 Å². The summed E-state index contributed by atoms with van der Waals surface area (Å²) >= 11 is 0. The normalized spacial score (nSPS) is 15.2. The number of carbonyl (C=O) groups excluding carboxylic acids is 1. The van der Waals surface area contributed by atoms with Crippen molar-refractivity contribution in [3.63, 3.8) is 0 Å². The molecule has 172 valence electrons. The van der Waals surface area contributed by atoms with Crippen LogP contribution in [0.1, 0.15) is 63.5 Å². The predicted molar refractivity (Wildman–Crippen MR) is 116 cm³/mol. The number of aliphatic carboxylic acids is 2. The third kappa shape index (κ3) is 8.96. The van der Waals surface area contributed by atoms with E-state index in [1.807, 2.05) is 37.8 Å². The van der Waals surface area contributed by atoms with E-state index in [9.17, 15) is 14.4 Å². The van der Waals surface area contributed by atoms with Crippen molar-refractivity contribution in [2.45, 2.75) is 64.5 Å². The molecule has 8 nitrogen and oxygen atoms in total. The highest BCUT2D eigenvalue weighted by Crippen LogP contribution is 2.29. The first kappa shape index (κ1) is 24.7. The number of amides is 1. The smallest absolute Gasteiger partial charge is 0.410 e. The molecule has 0 saturated carbocycles. The molecule has 0 bridgehead atoms. The lowest BCUT2D eigenvalue weighted by molar-refractivity contribution is -0.137. The fourth-order valence-electron chi connectivity index (χ4n) is 3.70. The van der Waals surface area contributed by atoms with Crippen molar-refractivity contribution in [3.05, 3.63) is 35.4 Å². The molecule has 0 radical (unpaired) electrons. The topological polar surface area (TPSA) is 107 Å². The zero-order valence-electron chi connectivity index (χ0n) is 18.7. The van der Waals surface area contributed by atoms with Crippen LogP contribution < -0.4 is 0 Å². The highest BCUT2D eigenvalue weighted by Gasteiger charge is 2.27. The molecule has 31 heavy (non-hydrogen) atoms. The third-order valence-corrected chi connectivity index (χ3v) is 5.26. The molecule has 2 N–H and O–H groups in total. The minimum Gasteiger partial charge on any atom is -0.481 e. The maximum atomic E-state index is 12.3. The lowest BCUT2D eigenvalue weighted by Gasteiger charge is -2.33. The van der Waals surface area contributed by atoms with E-state index in [4.69, 9.17) is 14.9 Å². The highest BCUT2D eigenvalue weighted by atomic mass is 16.6. The molecule has 1 aromatic carbocycles. The van der Waals surface area contributed by atoms with E-state index in [0.717, 1.165) is 18.4 Å². The number of likely N-dealkylation sites (tertiary alicyclic amines) is 1. The van der Waals surface area contributed by atoms with Gasteiger partial charge in [0.25, 0.3) is 0 Å². The minimum absolute atomic E-state index is 0.0254. The SMILES string of the molecule is CC(C)(C)OC(=O)N1CCC(c2cccc(CN(CCC(=O)O)CCC(=O)O)c2)CC1. The summed E-state index contributed by atoms with van der Waals surface area (Å²) in [5, 5.41) is 17.9. The number of piperidine rings is 1. The Morgan fingerprint density at radius 1 is 1.06 bits per heavy atom. The van der Waals surface area contributed by atoms with E-state index in [1.54, 1.807) is 4.90 Å². The first-order valence-corrected chi connectivity index (χ1v) is 10.8. The number of ether oxygens (including phenoxy) is 1. The van der Waals surface area contributed by atoms with Gasteiger partial charge < -0.3 is 19.8 Å². The van der Waals surface area contributed by atoms with Gasteiger partial charge in [-0.15, -0.1) is 0 Å². The molecule has 0 aliphatic carbocycles. The summed E-state index contributed by atoms with van der Waals surface area (Å²) in [5.74, 6) is -1.46. The lowest BCUT2D eigenvalue weighted by atomic mass is 9.88. The van der Waals surface area contributed by atoms with Gasteiger partial charge >= 0.3 is 18.0 Å². The van der Waals surface area contributed by atoms with Crippen LogP contribution in [-0.2, 0) is 20.9 Å². The van der Waals surface area contributed by atoms with Crippen LogP contribution in [0.3, 0.4) is 0 Å². The Kier molecular flexibility index (Phi) is 8.86. The Morgan fingerprint density at radius 2 is 1.65 bits per heavy atom. The summed E-state index contributed by atoms with van der Waals surface area (Å²) in [6.07, 6.45) is 1.38. The molecule has 1 fully saturated rings. The molecule has 0 spiro atoms. The molecule has 8 heteroatoms. The predicted octanol–water partition coefficient (Wildman–Crippen LogP) is 3.55. The maximum Gasteiger partial charge on any atom is 0.410 e. The van der Waals surface area contributed by atoms with Crippen LogP contribution in [0.25, 0.3) is 0 Å². The van der Waals surface area contributed by atoms with Gasteiger partial charge in [-0.3, -0.25) is 14.5 Å². The number of benzene rings is 1. The molecular formula is C23H34N2O6. The lowest BCUT2D eigenvalue weighted by Crippen LogP contribution is -2.41. The number of carboxylic acids is 2. The second-order valence-electron chi connectivity index (χ2n) is 9.05. The quantitative estimate of drug-likeness (QED) is 0.612. The second-order valence-corrected chi connectivity index (χ2v) is 9.05. The van der Waals surface area contributed by atoms with E-state index in [2.05, 4.69) is 12.1 Å². The molecule has 1 amide bonds. The summed E-state index contributed by atoms with van der Waals surface area (Å²) in [7, 11) is 0. The number of rotatable bonds is 9. The van der Waals surface area contributed by atoms with Crippen LogP contribution in [0.2, 0.25) is 0 Å². The highest BCUT2D eigenvalue weighted by molar-refractivity contribution is 5.68. The Labute approximate surface area is 183 Å². The molecule has 1 aliphatic rings. The molecule has 0 unspecified atom stereocenters. The average Bonchev–Trinajstić information content (AvgIpc) is 2.69. The van der Waals surface area contributed by atoms with Crippen molar-refractivity contribution in [3.8, 4) is 0 Å².